The predicted octanol–water partition coefficient (Wildman–Crippen LogP) is 7.95. The van der Waals surface area contributed by atoms with Gasteiger partial charge in [-0.2, -0.15) is 13.2 Å². The highest BCUT2D eigenvalue weighted by Crippen LogP contribution is 2.46. The van der Waals surface area contributed by atoms with Gasteiger partial charge in [-0.1, -0.05) is 48.0 Å². The summed E-state index contributed by atoms with van der Waals surface area (Å²) in [5, 5.41) is 26.7. The molecular weight excluding hydrogens is 681 g/mol. The number of ether oxygens (including phenoxy) is 2. The van der Waals surface area contributed by atoms with Crippen LogP contribution in [0.15, 0.2) is 60.8 Å². The third-order valence-corrected chi connectivity index (χ3v) is 10.4. The molecule has 2 fully saturated rings. The van der Waals surface area contributed by atoms with Gasteiger partial charge in [0.15, 0.2) is 0 Å². The van der Waals surface area contributed by atoms with E-state index in [9.17, 15) is 10.2 Å². The van der Waals surface area contributed by atoms with E-state index in [2.05, 4.69) is 20.6 Å². The fourth-order valence-corrected chi connectivity index (χ4v) is 7.51. The standard InChI is InChI=1S/C39H44ClF3N4O4/c1-50-34-20-23(6-7-24(34)21-45-26-9-13-28(48)14-10-26)37-36(40)31(18-19-44-37)30-4-3-5-32(35(30)39(41,42)43)33-17-8-25(38(47-33)51-2)22-46-27-11-15-29(49)16-12-27/h3-8,17-20,26-29,45-46,48-49H,9-16,21-22H2,1-2H3/t26-,27-,28-,29-. The quantitative estimate of drug-likeness (QED) is 0.124. The second-order valence-corrected chi connectivity index (χ2v) is 13.8. The van der Waals surface area contributed by atoms with Crippen LogP contribution in [-0.4, -0.2) is 58.7 Å². The molecule has 2 aromatic heterocycles. The molecular formula is C39H44ClF3N4O4. The van der Waals surface area contributed by atoms with Crippen molar-refractivity contribution in [2.45, 2.75) is 94.9 Å². The number of aromatic nitrogens is 2. The molecule has 12 heteroatoms. The highest BCUT2D eigenvalue weighted by atomic mass is 35.5. The molecule has 0 spiro atoms. The molecule has 2 heterocycles. The van der Waals surface area contributed by atoms with Crippen molar-refractivity contribution >= 4 is 11.6 Å². The first-order chi connectivity index (χ1) is 24.5. The summed E-state index contributed by atoms with van der Waals surface area (Å²) in [4.78, 5) is 9.00. The average molecular weight is 725 g/mol. The summed E-state index contributed by atoms with van der Waals surface area (Å²) in [5.74, 6) is 0.844. The van der Waals surface area contributed by atoms with Crippen LogP contribution in [0.1, 0.15) is 68.1 Å². The zero-order valence-corrected chi connectivity index (χ0v) is 29.5. The van der Waals surface area contributed by atoms with Crippen LogP contribution in [0.2, 0.25) is 5.02 Å². The first-order valence-electron chi connectivity index (χ1n) is 17.4. The first-order valence-corrected chi connectivity index (χ1v) is 17.8. The second-order valence-electron chi connectivity index (χ2n) is 13.4. The van der Waals surface area contributed by atoms with Gasteiger partial charge in [-0.3, -0.25) is 4.98 Å². The number of pyridine rings is 2. The number of hydrogen-bond donors (Lipinski definition) is 4. The van der Waals surface area contributed by atoms with Crippen LogP contribution < -0.4 is 20.1 Å². The van der Waals surface area contributed by atoms with Crippen LogP contribution in [0.5, 0.6) is 11.6 Å². The van der Waals surface area contributed by atoms with E-state index in [1.807, 2.05) is 12.1 Å². The molecule has 2 aliphatic carbocycles. The Hall–Kier alpha value is -3.74. The van der Waals surface area contributed by atoms with Crippen molar-refractivity contribution in [2.24, 2.45) is 0 Å². The summed E-state index contributed by atoms with van der Waals surface area (Å²) >= 11 is 6.92. The minimum Gasteiger partial charge on any atom is -0.496 e. The van der Waals surface area contributed by atoms with Crippen molar-refractivity contribution in [1.82, 2.24) is 20.6 Å². The minimum atomic E-state index is -4.74. The van der Waals surface area contributed by atoms with Crippen molar-refractivity contribution in [3.8, 4) is 45.3 Å². The average Bonchev–Trinajstić information content (AvgIpc) is 3.13. The number of aliphatic hydroxyl groups excluding tert-OH is 2. The molecule has 272 valence electrons. The lowest BCUT2D eigenvalue weighted by molar-refractivity contribution is -0.136. The smallest absolute Gasteiger partial charge is 0.417 e. The number of rotatable bonds is 11. The highest BCUT2D eigenvalue weighted by molar-refractivity contribution is 6.35. The Bertz CT molecular complexity index is 1810. The summed E-state index contributed by atoms with van der Waals surface area (Å²) in [7, 11) is 3.02. The van der Waals surface area contributed by atoms with Gasteiger partial charge in [0.05, 0.1) is 48.4 Å². The summed E-state index contributed by atoms with van der Waals surface area (Å²) in [6.45, 7) is 1.00. The molecule has 0 bridgehead atoms. The molecule has 0 radical (unpaired) electrons. The SMILES string of the molecule is COc1cc(-c2nccc(-c3cccc(-c4ccc(CN[C@H]5CC[C@H](O)CC5)c(OC)n4)c3C(F)(F)F)c2Cl)ccc1CN[C@H]1CC[C@H](O)CC1. The van der Waals surface area contributed by atoms with E-state index in [1.165, 1.54) is 31.5 Å². The Morgan fingerprint density at radius 1 is 0.765 bits per heavy atom. The number of methoxy groups -OCH3 is 2. The molecule has 2 saturated carbocycles. The highest BCUT2D eigenvalue weighted by Gasteiger charge is 2.38. The summed E-state index contributed by atoms with van der Waals surface area (Å²) in [5.41, 5.74) is 1.84. The molecule has 0 amide bonds. The lowest BCUT2D eigenvalue weighted by Crippen LogP contribution is -2.34. The van der Waals surface area contributed by atoms with Crippen LogP contribution >= 0.6 is 11.6 Å². The molecule has 4 aromatic rings. The monoisotopic (exact) mass is 724 g/mol. The predicted molar refractivity (Wildman–Crippen MR) is 192 cm³/mol. The van der Waals surface area contributed by atoms with Crippen molar-refractivity contribution in [1.29, 1.82) is 0 Å². The van der Waals surface area contributed by atoms with Gasteiger partial charge in [-0.15, -0.1) is 0 Å². The first kappa shape index (κ1) is 37.0. The Balaban J connectivity index is 1.29. The van der Waals surface area contributed by atoms with Gasteiger partial charge in [-0.05, 0) is 75.1 Å². The molecule has 8 nitrogen and oxygen atoms in total. The number of alkyl halides is 3. The van der Waals surface area contributed by atoms with Gasteiger partial charge in [0.25, 0.3) is 0 Å². The van der Waals surface area contributed by atoms with E-state index in [0.29, 0.717) is 36.1 Å². The van der Waals surface area contributed by atoms with Gasteiger partial charge < -0.3 is 30.3 Å². The van der Waals surface area contributed by atoms with Gasteiger partial charge in [0.2, 0.25) is 5.88 Å². The van der Waals surface area contributed by atoms with E-state index in [4.69, 9.17) is 21.1 Å². The number of hydrogen-bond acceptors (Lipinski definition) is 8. The molecule has 2 aliphatic rings. The topological polar surface area (TPSA) is 109 Å². The Labute approximate surface area is 301 Å². The molecule has 0 atom stereocenters. The fraction of sp³-hybridized carbons (Fsp3) is 0.436. The van der Waals surface area contributed by atoms with E-state index < -0.39 is 11.7 Å². The molecule has 2 aromatic carbocycles. The van der Waals surface area contributed by atoms with Crippen LogP contribution in [-0.2, 0) is 19.3 Å². The molecule has 6 rings (SSSR count). The van der Waals surface area contributed by atoms with Crippen LogP contribution in [0.3, 0.4) is 0 Å². The largest absolute Gasteiger partial charge is 0.496 e. The minimum absolute atomic E-state index is 0.0797. The van der Waals surface area contributed by atoms with Crippen LogP contribution in [0.25, 0.3) is 33.6 Å². The summed E-state index contributed by atoms with van der Waals surface area (Å²) in [6, 6.07) is 15.3. The maximum Gasteiger partial charge on any atom is 0.417 e. The van der Waals surface area contributed by atoms with Crippen molar-refractivity contribution in [3.63, 3.8) is 0 Å². The lowest BCUT2D eigenvalue weighted by atomic mass is 9.92. The van der Waals surface area contributed by atoms with E-state index in [1.54, 1.807) is 31.4 Å². The number of halogens is 4. The summed E-state index contributed by atoms with van der Waals surface area (Å²) in [6.07, 6.45) is 2.72. The molecule has 0 unspecified atom stereocenters. The fourth-order valence-electron chi connectivity index (χ4n) is 7.19. The third-order valence-electron chi connectivity index (χ3n) is 10.1. The number of aliphatic hydroxyl groups is 2. The Morgan fingerprint density at radius 3 is 1.98 bits per heavy atom. The van der Waals surface area contributed by atoms with Gasteiger partial charge >= 0.3 is 6.18 Å². The maximum atomic E-state index is 15.0. The molecule has 51 heavy (non-hydrogen) atoms. The zero-order chi connectivity index (χ0) is 36.1. The van der Waals surface area contributed by atoms with Gasteiger partial charge in [0, 0.05) is 59.2 Å². The summed E-state index contributed by atoms with van der Waals surface area (Å²) < 4.78 is 56.4. The second kappa shape index (κ2) is 16.3. The van der Waals surface area contributed by atoms with Crippen molar-refractivity contribution in [3.05, 3.63) is 82.5 Å². The van der Waals surface area contributed by atoms with Gasteiger partial charge in [-0.25, -0.2) is 4.98 Å². The van der Waals surface area contributed by atoms with E-state index in [-0.39, 0.29) is 51.5 Å². The molecule has 0 aliphatic heterocycles. The molecule has 4 N–H and O–H groups in total. The van der Waals surface area contributed by atoms with Crippen LogP contribution in [0, 0.1) is 0 Å². The van der Waals surface area contributed by atoms with Crippen LogP contribution in [0.4, 0.5) is 13.2 Å². The number of nitrogens with zero attached hydrogens (tertiary/aromatic N) is 2. The van der Waals surface area contributed by atoms with Crippen molar-refractivity contribution in [2.75, 3.05) is 14.2 Å². The third kappa shape index (κ3) is 8.67. The van der Waals surface area contributed by atoms with E-state index >= 15 is 13.2 Å². The number of nitrogens with one attached hydrogen (secondary N) is 2. The number of benzene rings is 2. The molecule has 0 saturated heterocycles. The maximum absolute atomic E-state index is 15.0. The zero-order valence-electron chi connectivity index (χ0n) is 28.8. The normalized spacial score (nSPS) is 21.0. The van der Waals surface area contributed by atoms with Gasteiger partial charge in [0.1, 0.15) is 5.75 Å². The van der Waals surface area contributed by atoms with Crippen molar-refractivity contribution < 1.29 is 32.9 Å². The Morgan fingerprint density at radius 2 is 1.37 bits per heavy atom. The Kier molecular flexibility index (Phi) is 11.8. The van der Waals surface area contributed by atoms with E-state index in [0.717, 1.165) is 62.5 Å². The lowest BCUT2D eigenvalue weighted by Gasteiger charge is -2.26.